The minimum Gasteiger partial charge on any atom is -0.457 e. The Bertz CT molecular complexity index is 2300. The fourth-order valence-corrected chi connectivity index (χ4v) is 5.95. The molecule has 1 N–H and O–H groups in total. The van der Waals surface area contributed by atoms with Crippen LogP contribution in [0.3, 0.4) is 0 Å². The largest absolute Gasteiger partial charge is 0.457 e. The van der Waals surface area contributed by atoms with E-state index in [4.69, 9.17) is 9.47 Å². The number of fused-ring (bicyclic) bond motifs is 1. The number of hydrogen-bond donors (Lipinski definition) is 1. The van der Waals surface area contributed by atoms with Crippen molar-refractivity contribution in [3.8, 4) is 45.4 Å². The van der Waals surface area contributed by atoms with Crippen molar-refractivity contribution in [2.75, 3.05) is 9.80 Å². The average molecular weight is 644 g/mol. The molecule has 3 heterocycles. The molecule has 0 atom stereocenters. The highest BCUT2D eigenvalue weighted by molar-refractivity contribution is 6.28. The van der Waals surface area contributed by atoms with Crippen LogP contribution in [0.5, 0.6) is 23.0 Å². The number of hydrogen-bond acceptors (Lipinski definition) is 6. The number of anilines is 2. The van der Waals surface area contributed by atoms with Gasteiger partial charge in [-0.25, -0.2) is 9.80 Å². The number of H-pyrrole nitrogens is 1. The maximum atomic E-state index is 12.0. The van der Waals surface area contributed by atoms with Crippen LogP contribution in [0, 0.1) is 0 Å². The lowest BCUT2D eigenvalue weighted by atomic mass is 9.98. The van der Waals surface area contributed by atoms with Crippen molar-refractivity contribution in [3.63, 3.8) is 0 Å². The molecule has 0 bridgehead atoms. The van der Waals surface area contributed by atoms with Gasteiger partial charge in [-0.05, 0) is 102 Å². The first-order valence-corrected chi connectivity index (χ1v) is 15.4. The summed E-state index contributed by atoms with van der Waals surface area (Å²) in [5.41, 5.74) is 5.94. The van der Waals surface area contributed by atoms with Crippen molar-refractivity contribution < 1.29 is 28.7 Å². The van der Waals surface area contributed by atoms with Crippen LogP contribution in [0.4, 0.5) is 11.4 Å². The third-order valence-electron chi connectivity index (χ3n) is 8.27. The quantitative estimate of drug-likeness (QED) is 0.169. The summed E-state index contributed by atoms with van der Waals surface area (Å²) < 4.78 is 12.1. The lowest BCUT2D eigenvalue weighted by molar-refractivity contribution is -0.121. The SMILES string of the molecule is O=C1C=CC(=O)N1c1ccc(Oc2ccc(-c3[nH]c4ccccc4c3-c3ccc(Oc4ccc(N5C(=O)C=CC5=O)cc4)cc3)cc2)cc1. The van der Waals surface area contributed by atoms with Crippen molar-refractivity contribution in [2.45, 2.75) is 0 Å². The summed E-state index contributed by atoms with van der Waals surface area (Å²) in [6, 6.07) is 37.3. The highest BCUT2D eigenvalue weighted by Gasteiger charge is 2.26. The lowest BCUT2D eigenvalue weighted by Gasteiger charge is -2.14. The number of aromatic amines is 1. The van der Waals surface area contributed by atoms with E-state index in [1.54, 1.807) is 48.5 Å². The third-order valence-corrected chi connectivity index (χ3v) is 8.27. The van der Waals surface area contributed by atoms with Gasteiger partial charge in [-0.2, -0.15) is 0 Å². The number of ether oxygens (including phenoxy) is 2. The number of rotatable bonds is 8. The monoisotopic (exact) mass is 643 g/mol. The zero-order valence-corrected chi connectivity index (χ0v) is 25.7. The van der Waals surface area contributed by atoms with Crippen LogP contribution in [0.2, 0.25) is 0 Å². The van der Waals surface area contributed by atoms with E-state index >= 15 is 0 Å². The molecule has 9 heteroatoms. The highest BCUT2D eigenvalue weighted by atomic mass is 16.5. The van der Waals surface area contributed by atoms with Gasteiger partial charge < -0.3 is 14.5 Å². The van der Waals surface area contributed by atoms with Crippen LogP contribution in [-0.4, -0.2) is 28.6 Å². The average Bonchev–Trinajstić information content (AvgIpc) is 3.79. The minimum atomic E-state index is -0.368. The molecule has 236 valence electrons. The Morgan fingerprint density at radius 3 is 1.27 bits per heavy atom. The van der Waals surface area contributed by atoms with Crippen molar-refractivity contribution >= 4 is 45.9 Å². The van der Waals surface area contributed by atoms with Gasteiger partial charge in [-0.15, -0.1) is 0 Å². The minimum absolute atomic E-state index is 0.368. The number of carbonyl (C=O) groups is 4. The summed E-state index contributed by atoms with van der Waals surface area (Å²) in [5, 5.41) is 1.08. The van der Waals surface area contributed by atoms with Gasteiger partial charge in [0.1, 0.15) is 23.0 Å². The maximum absolute atomic E-state index is 12.0. The number of nitrogens with zero attached hydrogens (tertiary/aromatic N) is 2. The number of amides is 4. The first kappa shape index (κ1) is 29.4. The van der Waals surface area contributed by atoms with E-state index in [2.05, 4.69) is 11.1 Å². The van der Waals surface area contributed by atoms with Crippen LogP contribution in [0.1, 0.15) is 0 Å². The third kappa shape index (κ3) is 5.55. The molecule has 49 heavy (non-hydrogen) atoms. The van der Waals surface area contributed by atoms with E-state index in [-0.39, 0.29) is 23.6 Å². The smallest absolute Gasteiger partial charge is 0.258 e. The van der Waals surface area contributed by atoms with E-state index in [9.17, 15) is 19.2 Å². The summed E-state index contributed by atoms with van der Waals surface area (Å²) in [4.78, 5) is 53.8. The van der Waals surface area contributed by atoms with Gasteiger partial charge in [-0.3, -0.25) is 19.2 Å². The van der Waals surface area contributed by atoms with Gasteiger partial charge in [-0.1, -0.05) is 30.3 Å². The van der Waals surface area contributed by atoms with Crippen LogP contribution < -0.4 is 19.3 Å². The van der Waals surface area contributed by atoms with Crippen molar-refractivity contribution in [2.24, 2.45) is 0 Å². The molecule has 0 fully saturated rings. The first-order chi connectivity index (χ1) is 23.9. The van der Waals surface area contributed by atoms with Crippen molar-refractivity contribution in [1.29, 1.82) is 0 Å². The molecular formula is C40H25N3O6. The summed E-state index contributed by atoms with van der Waals surface area (Å²) in [7, 11) is 0. The topological polar surface area (TPSA) is 109 Å². The molecule has 0 radical (unpaired) electrons. The van der Waals surface area contributed by atoms with E-state index in [1.807, 2.05) is 66.7 Å². The predicted molar refractivity (Wildman–Crippen MR) is 185 cm³/mol. The zero-order chi connectivity index (χ0) is 33.5. The molecule has 0 saturated carbocycles. The standard InChI is InChI=1S/C40H25N3O6/c44-35-21-22-36(45)42(35)27-9-17-31(18-10-27)48-29-13-5-25(6-14-29)39-33-3-1-2-4-34(33)41-40(39)26-7-15-30(16-8-26)49-32-19-11-28(12-20-32)43-37(46)23-24-38(43)47/h1-24,41H. The Hall–Kier alpha value is -7.00. The fourth-order valence-electron chi connectivity index (χ4n) is 5.95. The molecule has 4 amide bonds. The van der Waals surface area contributed by atoms with Gasteiger partial charge in [0.2, 0.25) is 0 Å². The van der Waals surface area contributed by atoms with Crippen molar-refractivity contribution in [1.82, 2.24) is 4.98 Å². The molecule has 1 aromatic heterocycles. The normalized spacial score (nSPS) is 14.0. The Morgan fingerprint density at radius 1 is 0.429 bits per heavy atom. The lowest BCUT2D eigenvalue weighted by Crippen LogP contribution is -2.29. The zero-order valence-electron chi connectivity index (χ0n) is 25.7. The number of nitrogens with one attached hydrogen (secondary N) is 1. The van der Waals surface area contributed by atoms with Gasteiger partial charge in [0.15, 0.2) is 0 Å². The Morgan fingerprint density at radius 2 is 0.816 bits per heavy atom. The second-order valence-corrected chi connectivity index (χ2v) is 11.4. The van der Waals surface area contributed by atoms with E-state index in [0.29, 0.717) is 34.4 Å². The number of carbonyl (C=O) groups excluding carboxylic acids is 4. The number of benzene rings is 5. The van der Waals surface area contributed by atoms with Crippen molar-refractivity contribution in [3.05, 3.63) is 146 Å². The molecule has 6 aromatic rings. The van der Waals surface area contributed by atoms with E-state index in [1.165, 1.54) is 24.3 Å². The molecule has 5 aromatic carbocycles. The molecule has 0 aliphatic carbocycles. The van der Waals surface area contributed by atoms with Gasteiger partial charge >= 0.3 is 0 Å². The molecule has 8 rings (SSSR count). The van der Waals surface area contributed by atoms with Crippen LogP contribution in [0.25, 0.3) is 33.3 Å². The summed E-state index contributed by atoms with van der Waals surface area (Å²) >= 11 is 0. The second-order valence-electron chi connectivity index (χ2n) is 11.4. The van der Waals surface area contributed by atoms with E-state index in [0.717, 1.165) is 43.1 Å². The number of para-hydroxylation sites is 1. The van der Waals surface area contributed by atoms with Crippen LogP contribution >= 0.6 is 0 Å². The van der Waals surface area contributed by atoms with Crippen LogP contribution in [0.15, 0.2) is 146 Å². The van der Waals surface area contributed by atoms with Crippen LogP contribution in [-0.2, 0) is 19.2 Å². The Kier molecular flexibility index (Phi) is 7.19. The van der Waals surface area contributed by atoms with Gasteiger partial charge in [0.05, 0.1) is 17.1 Å². The molecule has 0 saturated heterocycles. The molecule has 0 unspecified atom stereocenters. The molecule has 9 nitrogen and oxygen atoms in total. The molecule has 0 spiro atoms. The maximum Gasteiger partial charge on any atom is 0.258 e. The first-order valence-electron chi connectivity index (χ1n) is 15.4. The predicted octanol–water partition coefficient (Wildman–Crippen LogP) is 7.95. The Labute approximate surface area is 279 Å². The Balaban J connectivity index is 1.01. The van der Waals surface area contributed by atoms with E-state index < -0.39 is 0 Å². The van der Waals surface area contributed by atoms with Gasteiger partial charge in [0, 0.05) is 40.8 Å². The summed E-state index contributed by atoms with van der Waals surface area (Å²) in [5.74, 6) is 0.943. The summed E-state index contributed by atoms with van der Waals surface area (Å²) in [6.45, 7) is 0. The second kappa shape index (κ2) is 12.0. The number of imide groups is 2. The fraction of sp³-hybridized carbons (Fsp3) is 0. The number of aromatic nitrogens is 1. The molecular weight excluding hydrogens is 618 g/mol. The molecule has 2 aliphatic heterocycles. The van der Waals surface area contributed by atoms with Gasteiger partial charge in [0.25, 0.3) is 23.6 Å². The molecule has 2 aliphatic rings. The highest BCUT2D eigenvalue weighted by Crippen LogP contribution is 2.40. The summed E-state index contributed by atoms with van der Waals surface area (Å²) in [6.07, 6.45) is 5.01.